The summed E-state index contributed by atoms with van der Waals surface area (Å²) in [6.07, 6.45) is 6.38. The maximum Gasteiger partial charge on any atom is 0.269 e. The number of hydrogen-bond acceptors (Lipinski definition) is 7. The van der Waals surface area contributed by atoms with Gasteiger partial charge in [0.2, 0.25) is 11.8 Å². The van der Waals surface area contributed by atoms with E-state index in [0.29, 0.717) is 17.4 Å². The molecule has 8 nitrogen and oxygen atoms in total. The van der Waals surface area contributed by atoms with Gasteiger partial charge >= 0.3 is 0 Å². The van der Waals surface area contributed by atoms with Gasteiger partial charge in [-0.15, -0.1) is 11.8 Å². The Hall–Kier alpha value is -1.78. The molecular formula is C21H30N4O4S2. The molecule has 1 aliphatic carbocycles. The van der Waals surface area contributed by atoms with E-state index in [4.69, 9.17) is 0 Å². The van der Waals surface area contributed by atoms with Crippen molar-refractivity contribution in [2.75, 3.05) is 23.1 Å². The Morgan fingerprint density at radius 1 is 1.23 bits per heavy atom. The molecule has 0 radical (unpaired) electrons. The molecule has 2 atom stereocenters. The van der Waals surface area contributed by atoms with Gasteiger partial charge in [-0.3, -0.25) is 25.0 Å². The summed E-state index contributed by atoms with van der Waals surface area (Å²) in [5.74, 6) is 3.33. The topological polar surface area (TPSA) is 113 Å². The Kier molecular flexibility index (Phi) is 9.48. The van der Waals surface area contributed by atoms with Crippen molar-refractivity contribution in [3.05, 3.63) is 39.9 Å². The van der Waals surface area contributed by atoms with Crippen molar-refractivity contribution in [1.82, 2.24) is 16.0 Å². The molecule has 2 amide bonds. The maximum absolute atomic E-state index is 12.9. The number of benzene rings is 1. The molecule has 2 fully saturated rings. The lowest BCUT2D eigenvalue weighted by atomic mass is 9.91. The third kappa shape index (κ3) is 7.69. The summed E-state index contributed by atoms with van der Waals surface area (Å²) in [5.41, 5.74) is 0.786. The van der Waals surface area contributed by atoms with Gasteiger partial charge in [-0.25, -0.2) is 0 Å². The lowest BCUT2D eigenvalue weighted by Crippen LogP contribution is -2.53. The van der Waals surface area contributed by atoms with Crippen LogP contribution >= 0.6 is 23.5 Å². The zero-order chi connectivity index (χ0) is 22.1. The van der Waals surface area contributed by atoms with Crippen LogP contribution in [0.15, 0.2) is 24.3 Å². The highest BCUT2D eigenvalue weighted by molar-refractivity contribution is 7.99. The molecule has 10 heteroatoms. The fourth-order valence-electron chi connectivity index (χ4n) is 3.77. The third-order valence-corrected chi connectivity index (χ3v) is 7.86. The molecule has 3 rings (SSSR count). The van der Waals surface area contributed by atoms with Crippen LogP contribution in [0.4, 0.5) is 5.69 Å². The number of nitro groups is 1. The van der Waals surface area contributed by atoms with Crippen molar-refractivity contribution in [2.24, 2.45) is 5.92 Å². The van der Waals surface area contributed by atoms with E-state index in [9.17, 15) is 19.7 Å². The van der Waals surface area contributed by atoms with E-state index in [2.05, 4.69) is 16.0 Å². The zero-order valence-corrected chi connectivity index (χ0v) is 19.1. The number of amides is 2. The molecular weight excluding hydrogens is 436 g/mol. The van der Waals surface area contributed by atoms with E-state index in [0.717, 1.165) is 17.2 Å². The number of nitro benzene ring substituents is 1. The zero-order valence-electron chi connectivity index (χ0n) is 17.5. The lowest BCUT2D eigenvalue weighted by molar-refractivity contribution is -0.384. The molecule has 3 N–H and O–H groups in total. The van der Waals surface area contributed by atoms with Crippen LogP contribution < -0.4 is 16.0 Å². The minimum absolute atomic E-state index is 0.0151. The van der Waals surface area contributed by atoms with Crippen LogP contribution in [0, 0.1) is 16.0 Å². The predicted molar refractivity (Wildman–Crippen MR) is 125 cm³/mol. The molecule has 1 saturated heterocycles. The molecule has 1 aromatic rings. The van der Waals surface area contributed by atoms with Crippen molar-refractivity contribution in [3.63, 3.8) is 0 Å². The number of hydrogen-bond donors (Lipinski definition) is 3. The van der Waals surface area contributed by atoms with Gasteiger partial charge in [-0.1, -0.05) is 31.4 Å². The molecule has 0 bridgehead atoms. The fraction of sp³-hybridized carbons (Fsp3) is 0.619. The Morgan fingerprint density at radius 2 is 1.97 bits per heavy atom. The van der Waals surface area contributed by atoms with E-state index in [1.54, 1.807) is 35.7 Å². The standard InChI is InChI=1S/C21H30N4O4S2/c26-20(22-10-15-6-8-17(9-7-15)25(28)29)19(24-21(27)18-12-31-14-23-18)13-30-11-16-4-2-1-3-5-16/h6-9,16,18-19,23H,1-5,10-14H2,(H,22,26)(H,24,27)/t18-,19-/m0/s1. The number of rotatable bonds is 10. The van der Waals surface area contributed by atoms with Crippen molar-refractivity contribution >= 4 is 41.0 Å². The van der Waals surface area contributed by atoms with Crippen LogP contribution in [0.2, 0.25) is 0 Å². The third-order valence-electron chi connectivity index (χ3n) is 5.64. The fourth-order valence-corrected chi connectivity index (χ4v) is 5.99. The normalized spacial score (nSPS) is 20.2. The monoisotopic (exact) mass is 466 g/mol. The van der Waals surface area contributed by atoms with Crippen molar-refractivity contribution in [3.8, 4) is 0 Å². The number of non-ortho nitro benzene ring substituents is 1. The van der Waals surface area contributed by atoms with E-state index < -0.39 is 11.0 Å². The number of nitrogens with zero attached hydrogens (tertiary/aromatic N) is 1. The quantitative estimate of drug-likeness (QED) is 0.359. The van der Waals surface area contributed by atoms with Crippen LogP contribution in [0.3, 0.4) is 0 Å². The van der Waals surface area contributed by atoms with Crippen LogP contribution in [-0.4, -0.2) is 52.0 Å². The van der Waals surface area contributed by atoms with Gasteiger partial charge in [0.1, 0.15) is 6.04 Å². The van der Waals surface area contributed by atoms with Gasteiger partial charge in [0.05, 0.1) is 11.0 Å². The lowest BCUT2D eigenvalue weighted by Gasteiger charge is -2.23. The summed E-state index contributed by atoms with van der Waals surface area (Å²) in [7, 11) is 0. The van der Waals surface area contributed by atoms with Gasteiger partial charge in [-0.2, -0.15) is 11.8 Å². The van der Waals surface area contributed by atoms with Gasteiger partial charge < -0.3 is 10.6 Å². The molecule has 31 heavy (non-hydrogen) atoms. The molecule has 2 aliphatic rings. The number of thioether (sulfide) groups is 2. The Labute approximate surface area is 191 Å². The molecule has 0 aromatic heterocycles. The molecule has 0 unspecified atom stereocenters. The number of carbonyl (C=O) groups is 2. The first-order valence-corrected chi connectivity index (χ1v) is 13.0. The van der Waals surface area contributed by atoms with Crippen LogP contribution in [0.5, 0.6) is 0 Å². The second-order valence-corrected chi connectivity index (χ2v) is 10.1. The first kappa shape index (κ1) is 23.9. The van der Waals surface area contributed by atoms with E-state index in [1.807, 2.05) is 0 Å². The molecule has 170 valence electrons. The highest BCUT2D eigenvalue weighted by Crippen LogP contribution is 2.27. The van der Waals surface area contributed by atoms with E-state index in [-0.39, 0.29) is 30.1 Å². The largest absolute Gasteiger partial charge is 0.350 e. The van der Waals surface area contributed by atoms with E-state index >= 15 is 0 Å². The van der Waals surface area contributed by atoms with E-state index in [1.165, 1.54) is 44.2 Å². The van der Waals surface area contributed by atoms with Crippen molar-refractivity contribution < 1.29 is 14.5 Å². The Bertz CT molecular complexity index is 750. The first-order valence-electron chi connectivity index (χ1n) is 10.7. The summed E-state index contributed by atoms with van der Waals surface area (Å²) >= 11 is 3.40. The Balaban J connectivity index is 1.53. The second kappa shape index (κ2) is 12.3. The van der Waals surface area contributed by atoms with Gasteiger partial charge in [-0.05, 0) is 30.1 Å². The summed E-state index contributed by atoms with van der Waals surface area (Å²) < 4.78 is 0. The molecule has 1 aromatic carbocycles. The molecule has 1 heterocycles. The van der Waals surface area contributed by atoms with Crippen molar-refractivity contribution in [2.45, 2.75) is 50.7 Å². The SMILES string of the molecule is O=C(N[C@@H](CSCC1CCCCC1)C(=O)NCc1ccc([N+](=O)[O-])cc1)[C@@H]1CSCN1. The molecule has 1 saturated carbocycles. The van der Waals surface area contributed by atoms with Crippen LogP contribution in [-0.2, 0) is 16.1 Å². The van der Waals surface area contributed by atoms with Crippen molar-refractivity contribution in [1.29, 1.82) is 0 Å². The molecule has 1 aliphatic heterocycles. The minimum Gasteiger partial charge on any atom is -0.350 e. The van der Waals surface area contributed by atoms with Crippen LogP contribution in [0.25, 0.3) is 0 Å². The first-order chi connectivity index (χ1) is 15.0. The summed E-state index contributed by atoms with van der Waals surface area (Å²) in [4.78, 5) is 35.7. The minimum atomic E-state index is -0.605. The van der Waals surface area contributed by atoms with Crippen LogP contribution in [0.1, 0.15) is 37.7 Å². The summed E-state index contributed by atoms with van der Waals surface area (Å²) in [6, 6.07) is 5.23. The van der Waals surface area contributed by atoms with Gasteiger partial charge in [0.15, 0.2) is 0 Å². The van der Waals surface area contributed by atoms with Gasteiger partial charge in [0.25, 0.3) is 5.69 Å². The summed E-state index contributed by atoms with van der Waals surface area (Å²) in [6.45, 7) is 0.258. The summed E-state index contributed by atoms with van der Waals surface area (Å²) in [5, 5.41) is 19.7. The predicted octanol–water partition coefficient (Wildman–Crippen LogP) is 2.67. The smallest absolute Gasteiger partial charge is 0.269 e. The average Bonchev–Trinajstić information content (AvgIpc) is 3.33. The van der Waals surface area contributed by atoms with Gasteiger partial charge in [0, 0.05) is 36.1 Å². The maximum atomic E-state index is 12.9. The number of nitrogens with one attached hydrogen (secondary N) is 3. The highest BCUT2D eigenvalue weighted by Gasteiger charge is 2.28. The Morgan fingerprint density at radius 3 is 2.61 bits per heavy atom. The number of carbonyl (C=O) groups excluding carboxylic acids is 2. The second-order valence-electron chi connectivity index (χ2n) is 8.02. The molecule has 0 spiro atoms. The highest BCUT2D eigenvalue weighted by atomic mass is 32.2. The average molecular weight is 467 g/mol.